The minimum absolute atomic E-state index is 0. The Balaban J connectivity index is -0.000000113. The average molecular weight is 416 g/mol. The Kier molecular flexibility index (Phi) is 78.1. The van der Waals surface area contributed by atoms with Crippen molar-refractivity contribution in [2.45, 2.75) is 110 Å². The summed E-state index contributed by atoms with van der Waals surface area (Å²) < 4.78 is 16.9. The molecule has 165 valence electrons. The third-order valence-corrected chi connectivity index (χ3v) is 3.85. The van der Waals surface area contributed by atoms with Gasteiger partial charge in [0, 0.05) is 7.11 Å². The molecule has 0 aliphatic carbocycles. The number of hydrogen-bond donors (Lipinski definition) is 2. The van der Waals surface area contributed by atoms with Gasteiger partial charge < -0.3 is 33.0 Å². The van der Waals surface area contributed by atoms with Gasteiger partial charge in [-0.1, -0.05) is 103 Å². The van der Waals surface area contributed by atoms with Crippen LogP contribution in [0.2, 0.25) is 0 Å². The summed E-state index contributed by atoms with van der Waals surface area (Å²) in [5.41, 5.74) is 0. The van der Waals surface area contributed by atoms with Crippen LogP contribution in [0.1, 0.15) is 110 Å². The van der Waals surface area contributed by atoms with Crippen molar-refractivity contribution in [2.24, 2.45) is 0 Å². The van der Waals surface area contributed by atoms with Crippen LogP contribution in [-0.4, -0.2) is 12.2 Å². The van der Waals surface area contributed by atoms with E-state index in [1.54, 1.807) is 0 Å². The fraction of sp³-hybridized carbons (Fsp3) is 0.857. The summed E-state index contributed by atoms with van der Waals surface area (Å²) in [4.78, 5) is 0. The van der Waals surface area contributed by atoms with E-state index < -0.39 is 16.2 Å². The molecule has 0 aliphatic heterocycles. The predicted octanol–water partition coefficient (Wildman–Crippen LogP) is 7.51. The zero-order valence-electron chi connectivity index (χ0n) is 18.4. The molecule has 0 aromatic heterocycles. The van der Waals surface area contributed by atoms with E-state index >= 15 is 0 Å². The number of rotatable bonds is 15. The quantitative estimate of drug-likeness (QED) is 0.214. The molecular formula is C21H50NO3V-3. The Morgan fingerprint density at radius 2 is 0.808 bits per heavy atom. The summed E-state index contributed by atoms with van der Waals surface area (Å²) in [5.74, 6) is 0. The van der Waals surface area contributed by atoms with E-state index in [2.05, 4.69) is 13.8 Å². The number of unbranched alkanes of at least 4 members (excludes halogenated alkanes) is 15. The molecule has 0 spiro atoms. The first-order chi connectivity index (χ1) is 11.3. The van der Waals surface area contributed by atoms with Crippen molar-refractivity contribution in [1.29, 1.82) is 0 Å². The molecule has 0 fully saturated rings. The normalized spacial score (nSPS) is 8.15. The first-order valence-corrected chi connectivity index (χ1v) is 10.7. The van der Waals surface area contributed by atoms with Crippen LogP contribution < -0.4 is 6.15 Å². The molecule has 0 amide bonds. The molecule has 0 saturated carbocycles. The van der Waals surface area contributed by atoms with Gasteiger partial charge in [-0.15, -0.1) is 0 Å². The van der Waals surface area contributed by atoms with Crippen LogP contribution in [0.5, 0.6) is 0 Å². The van der Waals surface area contributed by atoms with Gasteiger partial charge in [0.25, 0.3) is 0 Å². The fourth-order valence-corrected chi connectivity index (χ4v) is 2.55. The van der Waals surface area contributed by atoms with Crippen molar-refractivity contribution >= 4 is 0 Å². The Hall–Kier alpha value is 0.104. The standard InChI is InChI=1S/C18H37.CH4O.2CH3.H3N.2O.V/c1-3-5-7-9-11-13-15-17-18-16-14-12-10-8-6-4-2;1-2;;;;;;/h1,3-18H2,2H3;2H,1H3;3*1H3;;;/q-1;;2*-1;;;;. The van der Waals surface area contributed by atoms with Gasteiger partial charge in [-0.3, -0.25) is 0 Å². The van der Waals surface area contributed by atoms with Crippen molar-refractivity contribution in [3.05, 3.63) is 21.8 Å². The van der Waals surface area contributed by atoms with Crippen molar-refractivity contribution in [3.63, 3.8) is 0 Å². The van der Waals surface area contributed by atoms with E-state index in [1.807, 2.05) is 0 Å². The van der Waals surface area contributed by atoms with Gasteiger partial charge >= 0.3 is 23.5 Å². The van der Waals surface area contributed by atoms with Gasteiger partial charge in [-0.25, -0.2) is 0 Å². The molecule has 5 heteroatoms. The molecule has 4 nitrogen and oxygen atoms in total. The molecule has 0 aromatic carbocycles. The van der Waals surface area contributed by atoms with Gasteiger partial charge in [0.1, 0.15) is 0 Å². The van der Waals surface area contributed by atoms with Crippen molar-refractivity contribution < 1.29 is 28.6 Å². The third-order valence-electron chi connectivity index (χ3n) is 3.85. The molecule has 0 rings (SSSR count). The first kappa shape index (κ1) is 40.7. The SMILES string of the molecule is CO.N.[CH2-]CCCCCCCCCCCCCCCCC.[CH3-].[CH3-].[O]=[V]=[O]. The third kappa shape index (κ3) is 56.4. The molecule has 0 aliphatic rings. The van der Waals surface area contributed by atoms with Gasteiger partial charge in [0.05, 0.1) is 0 Å². The zero-order chi connectivity index (χ0) is 18.0. The molecular weight excluding hydrogens is 365 g/mol. The number of aliphatic hydroxyl groups excluding tert-OH is 1. The Labute approximate surface area is 173 Å². The van der Waals surface area contributed by atoms with E-state index in [1.165, 1.54) is 96.3 Å². The Bertz CT molecular complexity index is 195. The molecule has 4 N–H and O–H groups in total. The summed E-state index contributed by atoms with van der Waals surface area (Å²) in [6.07, 6.45) is 22.8. The second kappa shape index (κ2) is 49.9. The molecule has 0 bridgehead atoms. The second-order valence-corrected chi connectivity index (χ2v) is 6.11. The van der Waals surface area contributed by atoms with Crippen LogP contribution in [-0.2, 0) is 23.5 Å². The minimum atomic E-state index is -1.81. The van der Waals surface area contributed by atoms with Gasteiger partial charge in [0.2, 0.25) is 0 Å². The molecule has 0 aromatic rings. The summed E-state index contributed by atoms with van der Waals surface area (Å²) in [5, 5.41) is 7.00. The van der Waals surface area contributed by atoms with Crippen LogP contribution in [0.3, 0.4) is 0 Å². The second-order valence-electron chi connectivity index (χ2n) is 5.88. The van der Waals surface area contributed by atoms with Crippen molar-refractivity contribution in [1.82, 2.24) is 6.15 Å². The molecule has 0 radical (unpaired) electrons. The number of aliphatic hydroxyl groups is 1. The predicted molar refractivity (Wildman–Crippen MR) is 112 cm³/mol. The zero-order valence-corrected chi connectivity index (χ0v) is 19.8. The van der Waals surface area contributed by atoms with E-state index in [0.29, 0.717) is 0 Å². The number of hydrogen-bond acceptors (Lipinski definition) is 4. The summed E-state index contributed by atoms with van der Waals surface area (Å²) in [6.45, 7) is 6.18. The first-order valence-electron chi connectivity index (χ1n) is 9.52. The van der Waals surface area contributed by atoms with E-state index in [9.17, 15) is 0 Å². The van der Waals surface area contributed by atoms with Crippen molar-refractivity contribution in [3.8, 4) is 0 Å². The topological polar surface area (TPSA) is 89.4 Å². The monoisotopic (exact) mass is 415 g/mol. The Morgan fingerprint density at radius 3 is 1.00 bits per heavy atom. The van der Waals surface area contributed by atoms with Crippen LogP contribution in [0.25, 0.3) is 0 Å². The summed E-state index contributed by atoms with van der Waals surface area (Å²) in [7, 11) is 1.00. The molecule has 0 heterocycles. The molecule has 0 saturated heterocycles. The molecule has 0 unspecified atom stereocenters. The van der Waals surface area contributed by atoms with Gasteiger partial charge in [-0.2, -0.15) is 6.42 Å². The maximum atomic E-state index is 8.47. The van der Waals surface area contributed by atoms with Crippen LogP contribution in [0, 0.1) is 21.8 Å². The van der Waals surface area contributed by atoms with Crippen LogP contribution in [0.4, 0.5) is 0 Å². The molecule has 26 heavy (non-hydrogen) atoms. The van der Waals surface area contributed by atoms with Crippen molar-refractivity contribution in [2.75, 3.05) is 7.11 Å². The molecule has 0 atom stereocenters. The fourth-order valence-electron chi connectivity index (χ4n) is 2.55. The summed E-state index contributed by atoms with van der Waals surface area (Å²) >= 11 is -1.81. The van der Waals surface area contributed by atoms with Gasteiger partial charge in [-0.05, 0) is 0 Å². The van der Waals surface area contributed by atoms with E-state index in [4.69, 9.17) is 12.5 Å². The summed E-state index contributed by atoms with van der Waals surface area (Å²) in [6, 6.07) is 0. The average Bonchev–Trinajstić information content (AvgIpc) is 2.58. The van der Waals surface area contributed by atoms with Gasteiger partial charge in [0.15, 0.2) is 0 Å². The van der Waals surface area contributed by atoms with Crippen LogP contribution >= 0.6 is 0 Å². The van der Waals surface area contributed by atoms with Crippen LogP contribution in [0.15, 0.2) is 0 Å². The van der Waals surface area contributed by atoms with E-state index in [0.717, 1.165) is 13.5 Å². The van der Waals surface area contributed by atoms with E-state index in [-0.39, 0.29) is 21.0 Å². The Morgan fingerprint density at radius 1 is 0.615 bits per heavy atom. The maximum absolute atomic E-state index is 8.47.